The van der Waals surface area contributed by atoms with Crippen LogP contribution >= 0.6 is 23.7 Å². The zero-order valence-electron chi connectivity index (χ0n) is 11.5. The second kappa shape index (κ2) is 6.63. The minimum absolute atomic E-state index is 0. The van der Waals surface area contributed by atoms with Gasteiger partial charge >= 0.3 is 0 Å². The molecule has 0 aliphatic carbocycles. The summed E-state index contributed by atoms with van der Waals surface area (Å²) < 4.78 is 0. The number of carbonyl (C=O) groups is 1. The molecule has 2 rings (SSSR count). The highest BCUT2D eigenvalue weighted by atomic mass is 35.5. The quantitative estimate of drug-likeness (QED) is 0.880. The number of rotatable bonds is 2. The minimum Gasteiger partial charge on any atom is -0.306 e. The lowest BCUT2D eigenvalue weighted by Gasteiger charge is -2.21. The summed E-state index contributed by atoms with van der Waals surface area (Å²) in [5.74, 6) is 0.00584. The van der Waals surface area contributed by atoms with Crippen molar-refractivity contribution < 1.29 is 4.79 Å². The summed E-state index contributed by atoms with van der Waals surface area (Å²) in [5, 5.41) is 15.7. The Kier molecular flexibility index (Phi) is 5.70. The van der Waals surface area contributed by atoms with Gasteiger partial charge in [-0.05, 0) is 19.4 Å². The van der Waals surface area contributed by atoms with E-state index in [4.69, 9.17) is 0 Å². The molecule has 0 radical (unpaired) electrons. The lowest BCUT2D eigenvalue weighted by molar-refractivity contribution is -0.118. The molecule has 1 aliphatic rings. The molecule has 1 amide bonds. The van der Waals surface area contributed by atoms with Crippen LogP contribution in [-0.2, 0) is 10.2 Å². The smallest absolute Gasteiger partial charge is 0.243 e. The fourth-order valence-electron chi connectivity index (χ4n) is 1.84. The maximum absolute atomic E-state index is 12.0. The molecule has 19 heavy (non-hydrogen) atoms. The van der Waals surface area contributed by atoms with Gasteiger partial charge in [-0.25, -0.2) is 0 Å². The summed E-state index contributed by atoms with van der Waals surface area (Å²) in [7, 11) is 0. The second-order valence-corrected chi connectivity index (χ2v) is 6.63. The Morgan fingerprint density at radius 1 is 1.37 bits per heavy atom. The molecular weight excluding hydrogens is 284 g/mol. The van der Waals surface area contributed by atoms with Gasteiger partial charge in [-0.15, -0.1) is 22.6 Å². The molecule has 0 bridgehead atoms. The minimum atomic E-state index is -0.0827. The summed E-state index contributed by atoms with van der Waals surface area (Å²) in [4.78, 5) is 12.0. The van der Waals surface area contributed by atoms with Gasteiger partial charge in [-0.3, -0.25) is 10.1 Å². The van der Waals surface area contributed by atoms with Gasteiger partial charge in [-0.1, -0.05) is 38.5 Å². The van der Waals surface area contributed by atoms with Crippen LogP contribution in [-0.4, -0.2) is 28.7 Å². The zero-order valence-corrected chi connectivity index (χ0v) is 13.2. The van der Waals surface area contributed by atoms with Crippen LogP contribution < -0.4 is 10.6 Å². The first-order valence-corrected chi connectivity index (χ1v) is 7.17. The molecule has 0 spiro atoms. The summed E-state index contributed by atoms with van der Waals surface area (Å²) in [5.41, 5.74) is -0.0241. The summed E-state index contributed by atoms with van der Waals surface area (Å²) in [6.45, 7) is 7.17. The Morgan fingerprint density at radius 3 is 2.63 bits per heavy atom. The molecule has 0 saturated carbocycles. The first kappa shape index (κ1) is 16.3. The van der Waals surface area contributed by atoms with Gasteiger partial charge in [0.05, 0.1) is 6.04 Å². The van der Waals surface area contributed by atoms with Crippen LogP contribution in [0.15, 0.2) is 0 Å². The fourth-order valence-corrected chi connectivity index (χ4v) is 2.65. The van der Waals surface area contributed by atoms with Crippen LogP contribution in [0, 0.1) is 0 Å². The molecule has 0 unspecified atom stereocenters. The van der Waals surface area contributed by atoms with Gasteiger partial charge in [0, 0.05) is 5.41 Å². The largest absolute Gasteiger partial charge is 0.306 e. The van der Waals surface area contributed by atoms with Crippen molar-refractivity contribution in [3.8, 4) is 0 Å². The Hall–Kier alpha value is -0.720. The number of piperidine rings is 1. The van der Waals surface area contributed by atoms with E-state index in [1.165, 1.54) is 11.3 Å². The molecular formula is C12H21ClN4OS. The van der Waals surface area contributed by atoms with E-state index in [1.807, 2.05) is 0 Å². The van der Waals surface area contributed by atoms with E-state index in [9.17, 15) is 4.79 Å². The first-order valence-electron chi connectivity index (χ1n) is 6.35. The number of hydrogen-bond donors (Lipinski definition) is 2. The highest BCUT2D eigenvalue weighted by Crippen LogP contribution is 2.27. The molecule has 7 heteroatoms. The summed E-state index contributed by atoms with van der Waals surface area (Å²) >= 11 is 1.45. The fraction of sp³-hybridized carbons (Fsp3) is 0.750. The first-order chi connectivity index (χ1) is 8.47. The Balaban J connectivity index is 0.00000180. The van der Waals surface area contributed by atoms with E-state index < -0.39 is 0 Å². The average Bonchev–Trinajstić information content (AvgIpc) is 2.78. The molecule has 1 atom stereocenters. The van der Waals surface area contributed by atoms with Gasteiger partial charge < -0.3 is 5.32 Å². The highest BCUT2D eigenvalue weighted by molar-refractivity contribution is 7.15. The molecule has 108 valence electrons. The van der Waals surface area contributed by atoms with Crippen molar-refractivity contribution in [2.45, 2.75) is 51.5 Å². The number of carbonyl (C=O) groups excluding carboxylic acids is 1. The number of anilines is 1. The predicted molar refractivity (Wildman–Crippen MR) is 80.1 cm³/mol. The molecule has 2 heterocycles. The van der Waals surface area contributed by atoms with Crippen LogP contribution in [0.4, 0.5) is 5.13 Å². The Morgan fingerprint density at radius 2 is 2.11 bits per heavy atom. The van der Waals surface area contributed by atoms with Gasteiger partial charge in [0.25, 0.3) is 0 Å². The summed E-state index contributed by atoms with van der Waals surface area (Å²) in [6.07, 6.45) is 3.15. The molecule has 1 aromatic rings. The van der Waals surface area contributed by atoms with Gasteiger partial charge in [0.2, 0.25) is 11.0 Å². The lowest BCUT2D eigenvalue weighted by Crippen LogP contribution is -2.43. The van der Waals surface area contributed by atoms with Crippen molar-refractivity contribution in [1.82, 2.24) is 15.5 Å². The molecule has 1 aromatic heterocycles. The van der Waals surface area contributed by atoms with E-state index in [-0.39, 0.29) is 29.8 Å². The van der Waals surface area contributed by atoms with E-state index in [1.54, 1.807) is 0 Å². The van der Waals surface area contributed by atoms with Gasteiger partial charge in [0.15, 0.2) is 0 Å². The van der Waals surface area contributed by atoms with E-state index in [2.05, 4.69) is 41.6 Å². The third-order valence-electron chi connectivity index (χ3n) is 2.92. The molecule has 1 saturated heterocycles. The molecule has 5 nitrogen and oxygen atoms in total. The number of aromatic nitrogens is 2. The lowest BCUT2D eigenvalue weighted by atomic mass is 9.98. The SMILES string of the molecule is CC(C)(C)c1nnc(NC(=O)[C@@H]2CCCCN2)s1.Cl. The highest BCUT2D eigenvalue weighted by Gasteiger charge is 2.23. The van der Waals surface area contributed by atoms with Crippen LogP contribution in [0.3, 0.4) is 0 Å². The number of nitrogens with zero attached hydrogens (tertiary/aromatic N) is 2. The predicted octanol–water partition coefficient (Wildman–Crippen LogP) is 2.34. The molecule has 1 fully saturated rings. The van der Waals surface area contributed by atoms with Crippen LogP contribution in [0.25, 0.3) is 0 Å². The number of halogens is 1. The molecule has 2 N–H and O–H groups in total. The molecule has 1 aliphatic heterocycles. The monoisotopic (exact) mass is 304 g/mol. The average molecular weight is 305 g/mol. The van der Waals surface area contributed by atoms with Gasteiger partial charge in [0.1, 0.15) is 5.01 Å². The zero-order chi connectivity index (χ0) is 13.2. The topological polar surface area (TPSA) is 66.9 Å². The Labute approximate surface area is 124 Å². The van der Waals surface area contributed by atoms with E-state index >= 15 is 0 Å². The molecule has 0 aromatic carbocycles. The third kappa shape index (κ3) is 4.40. The van der Waals surface area contributed by atoms with E-state index in [0.717, 1.165) is 30.8 Å². The van der Waals surface area contributed by atoms with Crippen molar-refractivity contribution in [3.63, 3.8) is 0 Å². The summed E-state index contributed by atoms with van der Waals surface area (Å²) in [6, 6.07) is -0.0827. The van der Waals surface area contributed by atoms with Crippen molar-refractivity contribution in [2.75, 3.05) is 11.9 Å². The van der Waals surface area contributed by atoms with Crippen molar-refractivity contribution in [3.05, 3.63) is 5.01 Å². The van der Waals surface area contributed by atoms with Crippen LogP contribution in [0.2, 0.25) is 0 Å². The maximum Gasteiger partial charge on any atom is 0.243 e. The maximum atomic E-state index is 12.0. The van der Waals surface area contributed by atoms with Gasteiger partial charge in [-0.2, -0.15) is 0 Å². The Bertz CT molecular complexity index is 424. The number of nitrogens with one attached hydrogen (secondary N) is 2. The van der Waals surface area contributed by atoms with Crippen molar-refractivity contribution in [2.24, 2.45) is 0 Å². The second-order valence-electron chi connectivity index (χ2n) is 5.65. The third-order valence-corrected chi connectivity index (χ3v) is 4.19. The van der Waals surface area contributed by atoms with Crippen LogP contribution in [0.1, 0.15) is 45.0 Å². The van der Waals surface area contributed by atoms with Crippen molar-refractivity contribution in [1.29, 1.82) is 0 Å². The van der Waals surface area contributed by atoms with Crippen molar-refractivity contribution >= 4 is 34.8 Å². The normalized spacial score (nSPS) is 19.6. The number of hydrogen-bond acceptors (Lipinski definition) is 5. The number of amides is 1. The standard InChI is InChI=1S/C12H20N4OS.ClH/c1-12(2,3)10-15-16-11(18-10)14-9(17)8-6-4-5-7-13-8;/h8,13H,4-7H2,1-3H3,(H,14,16,17);1H/t8-;/m0./s1. The van der Waals surface area contributed by atoms with Crippen LogP contribution in [0.5, 0.6) is 0 Å². The van der Waals surface area contributed by atoms with E-state index in [0.29, 0.717) is 5.13 Å².